The first-order valence-electron chi connectivity index (χ1n) is 6.87. The molecule has 1 aromatic carbocycles. The zero-order chi connectivity index (χ0) is 14.3. The standard InChI is InChI=1S/C15H15F2NO2/c16-10-5-6-12(17)11(8-10)14(19)13-2-1-7-18(13)15(20)9-3-4-9/h5-6,8-9,13H,1-4,7H2. The number of nitrogens with zero attached hydrogens (tertiary/aromatic N) is 1. The number of rotatable bonds is 3. The van der Waals surface area contributed by atoms with Crippen molar-refractivity contribution in [3.63, 3.8) is 0 Å². The fourth-order valence-electron chi connectivity index (χ4n) is 2.73. The van der Waals surface area contributed by atoms with Crippen LogP contribution in [0.5, 0.6) is 0 Å². The van der Waals surface area contributed by atoms with Gasteiger partial charge < -0.3 is 4.90 Å². The van der Waals surface area contributed by atoms with Crippen molar-refractivity contribution in [3.8, 4) is 0 Å². The molecule has 1 atom stereocenters. The maximum atomic E-state index is 13.7. The molecule has 1 aromatic rings. The summed E-state index contributed by atoms with van der Waals surface area (Å²) in [5.74, 6) is -1.86. The zero-order valence-corrected chi connectivity index (χ0v) is 10.9. The molecule has 20 heavy (non-hydrogen) atoms. The number of carbonyl (C=O) groups excluding carboxylic acids is 2. The summed E-state index contributed by atoms with van der Waals surface area (Å²) in [6.45, 7) is 0.530. The fraction of sp³-hybridized carbons (Fsp3) is 0.467. The number of carbonyl (C=O) groups is 2. The third-order valence-corrected chi connectivity index (χ3v) is 3.96. The molecule has 0 bridgehead atoms. The molecule has 1 saturated carbocycles. The van der Waals surface area contributed by atoms with E-state index in [4.69, 9.17) is 0 Å². The molecule has 0 N–H and O–H groups in total. The number of ketones is 1. The van der Waals surface area contributed by atoms with Gasteiger partial charge >= 0.3 is 0 Å². The van der Waals surface area contributed by atoms with Crippen LogP contribution in [0.15, 0.2) is 18.2 Å². The van der Waals surface area contributed by atoms with E-state index in [0.717, 1.165) is 37.5 Å². The minimum Gasteiger partial charge on any atom is -0.332 e. The first-order chi connectivity index (χ1) is 9.58. The Balaban J connectivity index is 1.85. The van der Waals surface area contributed by atoms with Crippen LogP contribution in [0, 0.1) is 17.6 Å². The summed E-state index contributed by atoms with van der Waals surface area (Å²) in [6.07, 6.45) is 2.98. The molecule has 1 heterocycles. The molecule has 1 amide bonds. The van der Waals surface area contributed by atoms with Crippen molar-refractivity contribution in [2.45, 2.75) is 31.7 Å². The summed E-state index contributed by atoms with van der Waals surface area (Å²) in [6, 6.07) is 2.20. The number of benzene rings is 1. The van der Waals surface area contributed by atoms with Crippen molar-refractivity contribution in [2.75, 3.05) is 6.54 Å². The van der Waals surface area contributed by atoms with Gasteiger partial charge in [-0.1, -0.05) is 0 Å². The first-order valence-corrected chi connectivity index (χ1v) is 6.87. The molecular weight excluding hydrogens is 264 g/mol. The van der Waals surface area contributed by atoms with E-state index in [1.54, 1.807) is 4.90 Å². The average Bonchev–Trinajstić information content (AvgIpc) is 3.17. The summed E-state index contributed by atoms with van der Waals surface area (Å²) in [5.41, 5.74) is -0.259. The van der Waals surface area contributed by atoms with Gasteiger partial charge in [0.25, 0.3) is 0 Å². The summed E-state index contributed by atoms with van der Waals surface area (Å²) < 4.78 is 26.9. The van der Waals surface area contributed by atoms with Gasteiger partial charge in [-0.25, -0.2) is 8.78 Å². The molecule has 0 aromatic heterocycles. The number of halogens is 2. The van der Waals surface area contributed by atoms with Gasteiger partial charge in [-0.2, -0.15) is 0 Å². The van der Waals surface area contributed by atoms with Gasteiger partial charge in [-0.15, -0.1) is 0 Å². The molecule has 1 unspecified atom stereocenters. The second kappa shape index (κ2) is 4.96. The lowest BCUT2D eigenvalue weighted by atomic mass is 10.0. The van der Waals surface area contributed by atoms with E-state index in [2.05, 4.69) is 0 Å². The number of likely N-dealkylation sites (tertiary alicyclic amines) is 1. The van der Waals surface area contributed by atoms with Gasteiger partial charge in [0.05, 0.1) is 11.6 Å². The minimum atomic E-state index is -0.734. The largest absolute Gasteiger partial charge is 0.332 e. The van der Waals surface area contributed by atoms with Gasteiger partial charge in [-0.05, 0) is 43.9 Å². The van der Waals surface area contributed by atoms with Crippen molar-refractivity contribution in [1.82, 2.24) is 4.90 Å². The Labute approximate surface area is 115 Å². The highest BCUT2D eigenvalue weighted by Gasteiger charge is 2.41. The van der Waals surface area contributed by atoms with Crippen LogP contribution in [0.1, 0.15) is 36.0 Å². The van der Waals surface area contributed by atoms with Crippen molar-refractivity contribution < 1.29 is 18.4 Å². The highest BCUT2D eigenvalue weighted by molar-refractivity contribution is 6.02. The Hall–Kier alpha value is -1.78. The van der Waals surface area contributed by atoms with E-state index >= 15 is 0 Å². The number of amides is 1. The summed E-state index contributed by atoms with van der Waals surface area (Å²) in [7, 11) is 0. The van der Waals surface area contributed by atoms with Crippen molar-refractivity contribution in [1.29, 1.82) is 0 Å². The van der Waals surface area contributed by atoms with Crippen LogP contribution in [0.4, 0.5) is 8.78 Å². The molecule has 1 saturated heterocycles. The molecule has 0 spiro atoms. The predicted molar refractivity (Wildman–Crippen MR) is 68.1 cm³/mol. The molecule has 2 fully saturated rings. The van der Waals surface area contributed by atoms with Gasteiger partial charge in [-0.3, -0.25) is 9.59 Å². The van der Waals surface area contributed by atoms with Crippen LogP contribution in [0.3, 0.4) is 0 Å². The second-order valence-corrected chi connectivity index (χ2v) is 5.45. The summed E-state index contributed by atoms with van der Waals surface area (Å²) in [5, 5.41) is 0. The van der Waals surface area contributed by atoms with Crippen LogP contribution < -0.4 is 0 Å². The van der Waals surface area contributed by atoms with Gasteiger partial charge in [0, 0.05) is 12.5 Å². The van der Waals surface area contributed by atoms with E-state index in [1.807, 2.05) is 0 Å². The van der Waals surface area contributed by atoms with Crippen LogP contribution in [0.2, 0.25) is 0 Å². The Morgan fingerprint density at radius 2 is 1.90 bits per heavy atom. The Kier molecular flexibility index (Phi) is 3.28. The van der Waals surface area contributed by atoms with Crippen LogP contribution >= 0.6 is 0 Å². The lowest BCUT2D eigenvalue weighted by Gasteiger charge is -2.23. The molecule has 3 nitrogen and oxygen atoms in total. The zero-order valence-electron chi connectivity index (χ0n) is 10.9. The second-order valence-electron chi connectivity index (χ2n) is 5.45. The molecule has 1 aliphatic carbocycles. The van der Waals surface area contributed by atoms with Crippen molar-refractivity contribution >= 4 is 11.7 Å². The molecule has 0 radical (unpaired) electrons. The predicted octanol–water partition coefficient (Wildman–Crippen LogP) is 2.55. The van der Waals surface area contributed by atoms with Crippen LogP contribution in [-0.2, 0) is 4.79 Å². The molecule has 1 aliphatic heterocycles. The monoisotopic (exact) mass is 279 g/mol. The van der Waals surface area contributed by atoms with Gasteiger partial charge in [0.15, 0.2) is 5.78 Å². The molecule has 2 aliphatic rings. The highest BCUT2D eigenvalue weighted by atomic mass is 19.1. The molecule has 3 rings (SSSR count). The van der Waals surface area contributed by atoms with Crippen molar-refractivity contribution in [2.24, 2.45) is 5.92 Å². The van der Waals surface area contributed by atoms with Gasteiger partial charge in [0.1, 0.15) is 11.6 Å². The maximum Gasteiger partial charge on any atom is 0.226 e. The number of Topliss-reactive ketones (excluding diaryl/α,β-unsaturated/α-hetero) is 1. The minimum absolute atomic E-state index is 0.0161. The quantitative estimate of drug-likeness (QED) is 0.797. The summed E-state index contributed by atoms with van der Waals surface area (Å²) in [4.78, 5) is 26.0. The lowest BCUT2D eigenvalue weighted by molar-refractivity contribution is -0.132. The molecule has 5 heteroatoms. The Morgan fingerprint density at radius 3 is 2.60 bits per heavy atom. The highest BCUT2D eigenvalue weighted by Crippen LogP contribution is 2.34. The maximum absolute atomic E-state index is 13.7. The first kappa shape index (κ1) is 13.2. The normalized spacial score (nSPS) is 22.1. The number of hydrogen-bond acceptors (Lipinski definition) is 2. The van der Waals surface area contributed by atoms with E-state index in [-0.39, 0.29) is 17.4 Å². The third-order valence-electron chi connectivity index (χ3n) is 3.96. The van der Waals surface area contributed by atoms with E-state index in [9.17, 15) is 18.4 Å². The van der Waals surface area contributed by atoms with Crippen LogP contribution in [0.25, 0.3) is 0 Å². The molecule has 106 valence electrons. The van der Waals surface area contributed by atoms with E-state index in [1.165, 1.54) is 0 Å². The third kappa shape index (κ3) is 2.32. The fourth-order valence-corrected chi connectivity index (χ4v) is 2.73. The van der Waals surface area contributed by atoms with Crippen molar-refractivity contribution in [3.05, 3.63) is 35.4 Å². The smallest absolute Gasteiger partial charge is 0.226 e. The Morgan fingerprint density at radius 1 is 1.15 bits per heavy atom. The molecular formula is C15H15F2NO2. The van der Waals surface area contributed by atoms with Crippen LogP contribution in [-0.4, -0.2) is 29.2 Å². The Bertz CT molecular complexity index is 569. The lowest BCUT2D eigenvalue weighted by Crippen LogP contribution is -2.41. The average molecular weight is 279 g/mol. The number of hydrogen-bond donors (Lipinski definition) is 0. The topological polar surface area (TPSA) is 37.4 Å². The van der Waals surface area contributed by atoms with E-state index in [0.29, 0.717) is 13.0 Å². The van der Waals surface area contributed by atoms with E-state index < -0.39 is 23.5 Å². The summed E-state index contributed by atoms with van der Waals surface area (Å²) >= 11 is 0. The SMILES string of the molecule is O=C(c1cc(F)ccc1F)C1CCCN1C(=O)C1CC1. The van der Waals surface area contributed by atoms with Gasteiger partial charge in [0.2, 0.25) is 5.91 Å².